The summed E-state index contributed by atoms with van der Waals surface area (Å²) in [4.78, 5) is 59.5. The van der Waals surface area contributed by atoms with Gasteiger partial charge in [-0.1, -0.05) is 0 Å². The van der Waals surface area contributed by atoms with Gasteiger partial charge in [0.15, 0.2) is 11.4 Å². The van der Waals surface area contributed by atoms with E-state index in [4.69, 9.17) is 0 Å². The minimum atomic E-state index is -1.30. The number of nitrogens with one attached hydrogen (secondary N) is 1. The Morgan fingerprint density at radius 1 is 0.500 bits per heavy atom. The smallest absolute Gasteiger partial charge is 1.00 e. The van der Waals surface area contributed by atoms with Gasteiger partial charge in [-0.2, -0.15) is 0 Å². The van der Waals surface area contributed by atoms with Gasteiger partial charge in [0.25, 0.3) is 11.4 Å². The van der Waals surface area contributed by atoms with Crippen LogP contribution in [0, 0.1) is 60.7 Å². The molecule has 0 fully saturated rings. The number of nitro groups is 6. The fourth-order valence-corrected chi connectivity index (χ4v) is 2.36. The van der Waals surface area contributed by atoms with Crippen molar-refractivity contribution in [1.82, 2.24) is 0 Å². The molecule has 162 valence electrons. The van der Waals surface area contributed by atoms with Crippen LogP contribution in [0.2, 0.25) is 0 Å². The Labute approximate surface area is 216 Å². The summed E-state index contributed by atoms with van der Waals surface area (Å²) in [6.45, 7) is 0. The third-order valence-corrected chi connectivity index (χ3v) is 3.62. The van der Waals surface area contributed by atoms with Crippen LogP contribution in [0.25, 0.3) is 0 Å². The minimum Gasteiger partial charge on any atom is -1.00 e. The molecule has 0 saturated heterocycles. The first kappa shape index (κ1) is 26.3. The van der Waals surface area contributed by atoms with Crippen LogP contribution in [0.5, 0.6) is 0 Å². The minimum absolute atomic E-state index is 0. The molecule has 0 spiro atoms. The number of nitrogens with zero attached hydrogens (tertiary/aromatic N) is 6. The van der Waals surface area contributed by atoms with Gasteiger partial charge >= 0.3 is 74.1 Å². The van der Waals surface area contributed by atoms with Gasteiger partial charge in [0, 0.05) is 0 Å². The van der Waals surface area contributed by atoms with Crippen molar-refractivity contribution in [3.05, 3.63) is 85.0 Å². The van der Waals surface area contributed by atoms with Crippen molar-refractivity contribution in [2.24, 2.45) is 0 Å². The van der Waals surface area contributed by atoms with Gasteiger partial charge in [-0.25, -0.2) is 0 Å². The molecule has 1 N–H and O–H groups in total. The second-order valence-corrected chi connectivity index (χ2v) is 5.39. The van der Waals surface area contributed by atoms with Crippen LogP contribution < -0.4 is 56.7 Å². The van der Waals surface area contributed by atoms with E-state index in [1.54, 1.807) is 0 Å². The number of hydrogen-bond donors (Lipinski definition) is 1. The summed E-state index contributed by atoms with van der Waals surface area (Å²) < 4.78 is 0. The van der Waals surface area contributed by atoms with Crippen LogP contribution in [0.1, 0.15) is 1.43 Å². The first-order valence-corrected chi connectivity index (χ1v) is 7.34. The van der Waals surface area contributed by atoms with E-state index in [0.29, 0.717) is 24.3 Å². The summed E-state index contributed by atoms with van der Waals surface area (Å²) in [6, 6.07) is 1.16. The SMILES string of the molecule is O=[N+]([O-])c1cc([N+](=O)[O-])c(Nc2c([N+](=O)[O-])cc([N+](=O)[O-])cc2[N+](=O)[O-])c([N+](=O)[O-])c1.[H-].[K+]. The number of benzene rings is 2. The van der Waals surface area contributed by atoms with Crippen LogP contribution in [0.4, 0.5) is 45.5 Å². The zero-order valence-electron chi connectivity index (χ0n) is 16.4. The van der Waals surface area contributed by atoms with E-state index < -0.39 is 75.0 Å². The summed E-state index contributed by atoms with van der Waals surface area (Å²) in [6.07, 6.45) is 0. The number of hydrogen-bond acceptors (Lipinski definition) is 13. The molecule has 32 heavy (non-hydrogen) atoms. The Hall–Kier alpha value is -3.72. The third-order valence-electron chi connectivity index (χ3n) is 3.62. The average molecular weight is 479 g/mol. The van der Waals surface area contributed by atoms with E-state index >= 15 is 0 Å². The Morgan fingerprint density at radius 3 is 0.875 bits per heavy atom. The van der Waals surface area contributed by atoms with Crippen molar-refractivity contribution in [2.75, 3.05) is 5.32 Å². The van der Waals surface area contributed by atoms with Gasteiger partial charge in [0.05, 0.1) is 53.8 Å². The van der Waals surface area contributed by atoms with E-state index in [1.807, 2.05) is 5.32 Å². The summed E-state index contributed by atoms with van der Waals surface area (Å²) in [5.41, 5.74) is -9.66. The van der Waals surface area contributed by atoms with Gasteiger partial charge in [-0.05, 0) is 0 Å². The molecule has 0 radical (unpaired) electrons. The summed E-state index contributed by atoms with van der Waals surface area (Å²) >= 11 is 0. The maximum Gasteiger partial charge on any atom is 1.00 e. The predicted octanol–water partition coefficient (Wildman–Crippen LogP) is -0.00410. The largest absolute Gasteiger partial charge is 1.00 e. The topological polar surface area (TPSA) is 271 Å². The van der Waals surface area contributed by atoms with Crippen molar-refractivity contribution in [2.45, 2.75) is 0 Å². The van der Waals surface area contributed by atoms with Crippen LogP contribution in [0.3, 0.4) is 0 Å². The molecule has 0 aliphatic heterocycles. The van der Waals surface area contributed by atoms with Crippen LogP contribution in [0.15, 0.2) is 24.3 Å². The molecule has 2 aromatic rings. The second kappa shape index (κ2) is 10.1. The first-order valence-electron chi connectivity index (χ1n) is 7.34. The number of nitro benzene ring substituents is 6. The molecule has 0 bridgehead atoms. The Morgan fingerprint density at radius 2 is 0.719 bits per heavy atom. The standard InChI is InChI=1S/C12H5N7O12.K.H/c20-14(21)5-1-7(16(24)25)11(8(2-5)17(26)27)13-12-9(18(28)29)3-6(15(22)23)4-10(12)19(30)31;;/h1-4,13H;;/q;+1;-1. The molecule has 20 heteroatoms. The quantitative estimate of drug-likeness (QED) is 0.297. The predicted molar refractivity (Wildman–Crippen MR) is 97.2 cm³/mol. The van der Waals surface area contributed by atoms with Gasteiger partial charge in [-0.15, -0.1) is 0 Å². The number of anilines is 2. The molecular weight excluding hydrogens is 473 g/mol. The van der Waals surface area contributed by atoms with Gasteiger partial charge in [-0.3, -0.25) is 60.7 Å². The Bertz CT molecular complexity index is 1040. The van der Waals surface area contributed by atoms with Gasteiger partial charge < -0.3 is 6.74 Å². The zero-order chi connectivity index (χ0) is 23.6. The molecule has 0 amide bonds. The van der Waals surface area contributed by atoms with Crippen molar-refractivity contribution < 1.29 is 82.4 Å². The van der Waals surface area contributed by atoms with Crippen molar-refractivity contribution in [3.63, 3.8) is 0 Å². The number of non-ortho nitro benzene ring substituents is 2. The molecule has 0 atom stereocenters. The summed E-state index contributed by atoms with van der Waals surface area (Å²) in [5, 5.41) is 68.9. The van der Waals surface area contributed by atoms with Crippen LogP contribution >= 0.6 is 0 Å². The monoisotopic (exact) mass is 479 g/mol. The molecular formula is C12H6KN7O12. The van der Waals surface area contributed by atoms with Crippen LogP contribution in [-0.2, 0) is 0 Å². The van der Waals surface area contributed by atoms with E-state index in [2.05, 4.69) is 0 Å². The van der Waals surface area contributed by atoms with Crippen LogP contribution in [-0.4, -0.2) is 29.5 Å². The normalized spacial score (nSPS) is 9.88. The fraction of sp³-hybridized carbons (Fsp3) is 0. The molecule has 0 unspecified atom stereocenters. The summed E-state index contributed by atoms with van der Waals surface area (Å²) in [7, 11) is 0. The van der Waals surface area contributed by atoms with E-state index in [-0.39, 0.29) is 52.8 Å². The molecule has 2 aromatic carbocycles. The first-order chi connectivity index (χ1) is 14.3. The molecule has 19 nitrogen and oxygen atoms in total. The van der Waals surface area contributed by atoms with Crippen molar-refractivity contribution >= 4 is 45.5 Å². The summed E-state index contributed by atoms with van der Waals surface area (Å²) in [5.74, 6) is 0. The molecule has 2 rings (SSSR count). The van der Waals surface area contributed by atoms with Crippen molar-refractivity contribution in [1.29, 1.82) is 0 Å². The van der Waals surface area contributed by atoms with Gasteiger partial charge in [0.2, 0.25) is 0 Å². The fourth-order valence-electron chi connectivity index (χ4n) is 2.36. The third kappa shape index (κ3) is 5.30. The molecule has 0 aliphatic carbocycles. The average Bonchev–Trinajstić information content (AvgIpc) is 2.66. The van der Waals surface area contributed by atoms with E-state index in [0.717, 1.165) is 0 Å². The second-order valence-electron chi connectivity index (χ2n) is 5.39. The Kier molecular flexibility index (Phi) is 8.27. The maximum atomic E-state index is 11.3. The van der Waals surface area contributed by atoms with Gasteiger partial charge in [0.1, 0.15) is 0 Å². The maximum absolute atomic E-state index is 11.3. The molecule has 0 aliphatic rings. The Balaban J connectivity index is 0.00000512. The number of rotatable bonds is 8. The van der Waals surface area contributed by atoms with E-state index in [9.17, 15) is 60.7 Å². The molecule has 0 saturated carbocycles. The molecule has 0 heterocycles. The van der Waals surface area contributed by atoms with Crippen molar-refractivity contribution in [3.8, 4) is 0 Å². The zero-order valence-corrected chi connectivity index (χ0v) is 18.5. The van der Waals surface area contributed by atoms with E-state index in [1.165, 1.54) is 0 Å². The molecule has 0 aromatic heterocycles.